The second-order valence-electron chi connectivity index (χ2n) is 13.3. The van der Waals surface area contributed by atoms with E-state index in [2.05, 4.69) is 55.4 Å². The van der Waals surface area contributed by atoms with E-state index in [9.17, 15) is 19.2 Å². The van der Waals surface area contributed by atoms with Crippen LogP contribution >= 0.6 is 69.6 Å². The van der Waals surface area contributed by atoms with Gasteiger partial charge in [0, 0.05) is 0 Å². The Hall–Kier alpha value is -1.94. The molecule has 2 aromatic rings. The van der Waals surface area contributed by atoms with E-state index >= 15 is 0 Å². The van der Waals surface area contributed by atoms with Gasteiger partial charge in [0.05, 0.1) is 43.3 Å². The summed E-state index contributed by atoms with van der Waals surface area (Å²) < 4.78 is 21.1. The van der Waals surface area contributed by atoms with Crippen molar-refractivity contribution in [2.75, 3.05) is 13.2 Å². The molecule has 2 aromatic carbocycles. The van der Waals surface area contributed by atoms with E-state index in [4.69, 9.17) is 88.6 Å². The molecule has 14 heteroatoms. The molecule has 0 N–H and O–H groups in total. The van der Waals surface area contributed by atoms with Crippen molar-refractivity contribution >= 4 is 93.5 Å². The van der Waals surface area contributed by atoms with Gasteiger partial charge in [-0.15, -0.1) is 0 Å². The van der Waals surface area contributed by atoms with Crippen LogP contribution < -0.4 is 9.47 Å². The fourth-order valence-corrected chi connectivity index (χ4v) is 5.54. The molecule has 48 heavy (non-hydrogen) atoms. The number of rotatable bonds is 14. The zero-order chi connectivity index (χ0) is 36.7. The Bertz CT molecular complexity index is 1420. The lowest BCUT2D eigenvalue weighted by Gasteiger charge is -2.29. The average Bonchev–Trinajstić information content (AvgIpc) is 2.98. The van der Waals surface area contributed by atoms with E-state index in [1.807, 2.05) is 0 Å². The smallest absolute Gasteiger partial charge is 0.423 e. The van der Waals surface area contributed by atoms with Gasteiger partial charge < -0.3 is 18.9 Å². The van der Waals surface area contributed by atoms with E-state index in [1.165, 1.54) is 0 Å². The maximum Gasteiger partial charge on any atom is 0.423 e. The van der Waals surface area contributed by atoms with Gasteiger partial charge in [0.15, 0.2) is 11.5 Å². The molecule has 0 atom stereocenters. The first kappa shape index (κ1) is 42.2. The first-order chi connectivity index (χ1) is 22.1. The molecule has 2 rings (SSSR count). The number of hydrogen-bond donors (Lipinski definition) is 0. The van der Waals surface area contributed by atoms with E-state index in [1.54, 1.807) is 0 Å². The number of esters is 4. The van der Waals surface area contributed by atoms with Gasteiger partial charge in [-0.05, 0) is 60.5 Å². The van der Waals surface area contributed by atoms with Gasteiger partial charge in [0.2, 0.25) is 0 Å². The minimum atomic E-state index is -1.65. The molecule has 0 aliphatic rings. The molecular weight excluding hydrogens is 749 g/mol. The van der Waals surface area contributed by atoms with Gasteiger partial charge >= 0.3 is 23.9 Å². The quantitative estimate of drug-likeness (QED) is 0.0612. The van der Waals surface area contributed by atoms with Crippen LogP contribution in [0, 0.1) is 22.7 Å². The molecular formula is C34H40Cl6O8. The first-order valence-electron chi connectivity index (χ1n) is 15.3. The molecule has 0 bridgehead atoms. The standard InChI is InChI=1S/C34H40Cl6O8/c1-17(2)33(5,6)11-9-13-45-29(41)23-25(39)19(35)15-21(37)27(23)47-31(43)32(44)48-28-22(38)16-20(36)26(40)24(28)30(42)46-14-10-12-34(7,8)18(3)4/h15-18H,9-14H2,1-8H3. The highest BCUT2D eigenvalue weighted by atomic mass is 35.5. The summed E-state index contributed by atoms with van der Waals surface area (Å²) >= 11 is 37.4. The topological polar surface area (TPSA) is 105 Å². The highest BCUT2D eigenvalue weighted by molar-refractivity contribution is 6.47. The zero-order valence-electron chi connectivity index (χ0n) is 28.1. The fraction of sp³-hybridized carbons (Fsp3) is 0.529. The third kappa shape index (κ3) is 11.0. The van der Waals surface area contributed by atoms with E-state index in [0.717, 1.165) is 25.0 Å². The van der Waals surface area contributed by atoms with Crippen LogP contribution in [0.3, 0.4) is 0 Å². The Kier molecular flexibility index (Phi) is 15.7. The highest BCUT2D eigenvalue weighted by Gasteiger charge is 2.32. The maximum atomic E-state index is 13.1. The number of ether oxygens (including phenoxy) is 4. The molecule has 0 aromatic heterocycles. The molecule has 0 fully saturated rings. The number of carbonyl (C=O) groups is 4. The summed E-state index contributed by atoms with van der Waals surface area (Å²) in [6.07, 6.45) is 2.60. The minimum absolute atomic E-state index is 0.00291. The van der Waals surface area contributed by atoms with Gasteiger partial charge in [-0.1, -0.05) is 125 Å². The number of hydrogen-bond acceptors (Lipinski definition) is 8. The summed E-state index contributed by atoms with van der Waals surface area (Å²) in [4.78, 5) is 52.1. The van der Waals surface area contributed by atoms with Crippen LogP contribution in [0.1, 0.15) is 102 Å². The van der Waals surface area contributed by atoms with Gasteiger partial charge in [0.1, 0.15) is 11.1 Å². The van der Waals surface area contributed by atoms with Crippen molar-refractivity contribution < 1.29 is 38.1 Å². The molecule has 0 heterocycles. The van der Waals surface area contributed by atoms with Crippen molar-refractivity contribution in [3.05, 3.63) is 53.4 Å². The van der Waals surface area contributed by atoms with Crippen LogP contribution in [0.25, 0.3) is 0 Å². The van der Waals surface area contributed by atoms with Crippen molar-refractivity contribution in [2.24, 2.45) is 22.7 Å². The van der Waals surface area contributed by atoms with Gasteiger partial charge in [0.25, 0.3) is 0 Å². The van der Waals surface area contributed by atoms with Gasteiger partial charge in [-0.3, -0.25) is 0 Å². The molecule has 0 saturated carbocycles. The summed E-state index contributed by atoms with van der Waals surface area (Å²) in [6.45, 7) is 16.9. The summed E-state index contributed by atoms with van der Waals surface area (Å²) in [7, 11) is 0. The van der Waals surface area contributed by atoms with Crippen LogP contribution in [0.5, 0.6) is 11.5 Å². The molecule has 8 nitrogen and oxygen atoms in total. The lowest BCUT2D eigenvalue weighted by atomic mass is 9.77. The molecule has 0 saturated heterocycles. The van der Waals surface area contributed by atoms with Gasteiger partial charge in [-0.2, -0.15) is 0 Å². The molecule has 0 aliphatic carbocycles. The van der Waals surface area contributed by atoms with Crippen molar-refractivity contribution in [1.29, 1.82) is 0 Å². The Balaban J connectivity index is 2.28. The van der Waals surface area contributed by atoms with E-state index < -0.39 is 46.5 Å². The fourth-order valence-electron chi connectivity index (χ4n) is 4.10. The maximum absolute atomic E-state index is 13.1. The second kappa shape index (κ2) is 17.8. The van der Waals surface area contributed by atoms with Crippen LogP contribution in [0.2, 0.25) is 30.1 Å². The SMILES string of the molecule is CC(C)C(C)(C)CCCOC(=O)c1c(Cl)c(Cl)cc(Cl)c1OC(=O)C(=O)Oc1c(Cl)cc(Cl)c(Cl)c1C(=O)OCCCC(C)(C)C(C)C. The Morgan fingerprint density at radius 3 is 1.19 bits per heavy atom. The third-order valence-electron chi connectivity index (χ3n) is 8.74. The predicted molar refractivity (Wildman–Crippen MR) is 190 cm³/mol. The number of carbonyl (C=O) groups excluding carboxylic acids is 4. The number of benzene rings is 2. The molecule has 0 unspecified atom stereocenters. The van der Waals surface area contributed by atoms with Gasteiger partial charge in [-0.25, -0.2) is 19.2 Å². The normalized spacial score (nSPS) is 11.9. The molecule has 0 aliphatic heterocycles. The summed E-state index contributed by atoms with van der Waals surface area (Å²) in [5.74, 6) is -5.68. The van der Waals surface area contributed by atoms with Crippen LogP contribution in [0.15, 0.2) is 12.1 Å². The van der Waals surface area contributed by atoms with Crippen LogP contribution in [-0.2, 0) is 19.1 Å². The van der Waals surface area contributed by atoms with Crippen molar-refractivity contribution in [2.45, 2.75) is 81.1 Å². The van der Waals surface area contributed by atoms with Crippen molar-refractivity contribution in [1.82, 2.24) is 0 Å². The largest absolute Gasteiger partial charge is 0.462 e. The van der Waals surface area contributed by atoms with Crippen molar-refractivity contribution in [3.8, 4) is 11.5 Å². The summed E-state index contributed by atoms with van der Waals surface area (Å²) in [6, 6.07) is 2.24. The lowest BCUT2D eigenvalue weighted by molar-refractivity contribution is -0.156. The minimum Gasteiger partial charge on any atom is -0.462 e. The van der Waals surface area contributed by atoms with Crippen LogP contribution in [-0.4, -0.2) is 37.1 Å². The second-order valence-corrected chi connectivity index (χ2v) is 15.6. The summed E-state index contributed by atoms with van der Waals surface area (Å²) in [5.41, 5.74) is -0.946. The Morgan fingerprint density at radius 1 is 0.583 bits per heavy atom. The lowest BCUT2D eigenvalue weighted by Crippen LogP contribution is -2.27. The monoisotopic (exact) mass is 786 g/mol. The Labute approximate surface area is 311 Å². The molecule has 0 spiro atoms. The van der Waals surface area contributed by atoms with Crippen LogP contribution in [0.4, 0.5) is 0 Å². The van der Waals surface area contributed by atoms with E-state index in [-0.39, 0.29) is 54.2 Å². The van der Waals surface area contributed by atoms with E-state index in [0.29, 0.717) is 24.7 Å². The predicted octanol–water partition coefficient (Wildman–Crippen LogP) is 11.4. The zero-order valence-corrected chi connectivity index (χ0v) is 32.6. The third-order valence-corrected chi connectivity index (χ3v) is 10.9. The van der Waals surface area contributed by atoms with Crippen molar-refractivity contribution in [3.63, 3.8) is 0 Å². The Morgan fingerprint density at radius 2 is 0.896 bits per heavy atom. The number of halogens is 6. The molecule has 0 radical (unpaired) electrons. The highest BCUT2D eigenvalue weighted by Crippen LogP contribution is 2.42. The molecule has 0 amide bonds. The average molecular weight is 789 g/mol. The summed E-state index contributed by atoms with van der Waals surface area (Å²) in [5, 5.41) is -1.55. The molecule has 266 valence electrons. The first-order valence-corrected chi connectivity index (χ1v) is 17.5.